The van der Waals surface area contributed by atoms with Gasteiger partial charge in [0.05, 0.1) is 24.8 Å². The van der Waals surface area contributed by atoms with E-state index in [4.69, 9.17) is 10.00 Å². The molecule has 0 bridgehead atoms. The molecule has 2 aromatic rings. The lowest BCUT2D eigenvalue weighted by Crippen LogP contribution is -2.18. The number of esters is 1. The summed E-state index contributed by atoms with van der Waals surface area (Å²) in [5, 5.41) is 18.4. The molecule has 1 N–H and O–H groups in total. The summed E-state index contributed by atoms with van der Waals surface area (Å²) in [4.78, 5) is 26.5. The minimum atomic E-state index is -0.786. The van der Waals surface area contributed by atoms with Gasteiger partial charge in [0.25, 0.3) is 5.56 Å². The Morgan fingerprint density at radius 2 is 1.96 bits per heavy atom. The minimum absolute atomic E-state index is 0.132. The van der Waals surface area contributed by atoms with Crippen LogP contribution in [-0.4, -0.2) is 24.7 Å². The average molecular weight is 351 g/mol. The number of aromatic nitrogens is 1. The maximum absolute atomic E-state index is 12.1. The highest BCUT2D eigenvalue weighted by molar-refractivity contribution is 5.93. The molecule has 26 heavy (non-hydrogen) atoms. The van der Waals surface area contributed by atoms with Gasteiger partial charge in [0, 0.05) is 5.69 Å². The van der Waals surface area contributed by atoms with Crippen LogP contribution in [-0.2, 0) is 4.74 Å². The Balaban J connectivity index is 2.54. The van der Waals surface area contributed by atoms with E-state index < -0.39 is 11.5 Å². The quantitative estimate of drug-likeness (QED) is 0.828. The molecule has 0 aliphatic carbocycles. The van der Waals surface area contributed by atoms with Crippen molar-refractivity contribution in [1.82, 2.24) is 4.98 Å². The molecule has 0 spiro atoms. The number of carbonyl (C=O) groups excluding carboxylic acids is 1. The van der Waals surface area contributed by atoms with Crippen LogP contribution in [0.1, 0.15) is 35.3 Å². The highest BCUT2D eigenvalue weighted by Crippen LogP contribution is 2.26. The largest absolute Gasteiger partial charge is 0.492 e. The zero-order valence-electron chi connectivity index (χ0n) is 14.6. The molecule has 0 radical (unpaired) electrons. The lowest BCUT2D eigenvalue weighted by atomic mass is 10.0. The summed E-state index contributed by atoms with van der Waals surface area (Å²) in [7, 11) is 1.17. The fraction of sp³-hybridized carbons (Fsp3) is 0.263. The molecule has 0 saturated carbocycles. The summed E-state index contributed by atoms with van der Waals surface area (Å²) >= 11 is 0. The number of rotatable bonds is 5. The number of nitriles is 2. The van der Waals surface area contributed by atoms with Gasteiger partial charge in [-0.25, -0.2) is 4.79 Å². The second-order valence-corrected chi connectivity index (χ2v) is 5.93. The van der Waals surface area contributed by atoms with E-state index in [1.165, 1.54) is 13.2 Å². The lowest BCUT2D eigenvalue weighted by Gasteiger charge is -2.12. The molecule has 0 unspecified atom stereocenters. The number of carbonyl (C=O) groups is 1. The van der Waals surface area contributed by atoms with Crippen LogP contribution in [0.5, 0.6) is 5.75 Å². The number of hydrogen-bond acceptors (Lipinski definition) is 6. The minimum Gasteiger partial charge on any atom is -0.492 e. The molecular formula is C19H17N3O4. The van der Waals surface area contributed by atoms with Crippen molar-refractivity contribution in [3.8, 4) is 29.1 Å². The number of aromatic amines is 1. The van der Waals surface area contributed by atoms with Crippen LogP contribution in [0.2, 0.25) is 0 Å². The van der Waals surface area contributed by atoms with E-state index in [-0.39, 0.29) is 11.1 Å². The second-order valence-electron chi connectivity index (χ2n) is 5.93. The summed E-state index contributed by atoms with van der Waals surface area (Å²) in [5.74, 6) is -0.0425. The van der Waals surface area contributed by atoms with Crippen molar-refractivity contribution in [1.29, 1.82) is 10.5 Å². The first kappa shape index (κ1) is 18.8. The molecule has 0 atom stereocenters. The third-order valence-corrected chi connectivity index (χ3v) is 3.53. The smallest absolute Gasteiger partial charge is 0.339 e. The SMILES string of the molecule is COC(=O)c1cc(-c2ccc(OCC(C)C)c(C#N)c2)[nH]c(=O)c1C#N. The molecule has 2 rings (SSSR count). The zero-order chi connectivity index (χ0) is 19.3. The maximum atomic E-state index is 12.1. The molecule has 0 aliphatic heterocycles. The van der Waals surface area contributed by atoms with Crippen molar-refractivity contribution in [2.75, 3.05) is 13.7 Å². The monoisotopic (exact) mass is 351 g/mol. The second kappa shape index (κ2) is 8.00. The number of nitrogens with one attached hydrogen (secondary N) is 1. The van der Waals surface area contributed by atoms with E-state index in [0.29, 0.717) is 35.1 Å². The Hall–Kier alpha value is -3.58. The van der Waals surface area contributed by atoms with Gasteiger partial charge < -0.3 is 14.5 Å². The number of benzene rings is 1. The van der Waals surface area contributed by atoms with E-state index in [1.54, 1.807) is 24.3 Å². The Morgan fingerprint density at radius 1 is 1.23 bits per heavy atom. The summed E-state index contributed by atoms with van der Waals surface area (Å²) in [6.45, 7) is 4.46. The molecule has 0 saturated heterocycles. The van der Waals surface area contributed by atoms with Gasteiger partial charge in [0.2, 0.25) is 0 Å². The molecule has 7 nitrogen and oxygen atoms in total. The first-order valence-electron chi connectivity index (χ1n) is 7.84. The first-order valence-corrected chi connectivity index (χ1v) is 7.84. The number of ether oxygens (including phenoxy) is 2. The van der Waals surface area contributed by atoms with Crippen molar-refractivity contribution < 1.29 is 14.3 Å². The molecule has 0 amide bonds. The fourth-order valence-corrected chi connectivity index (χ4v) is 2.26. The van der Waals surface area contributed by atoms with Gasteiger partial charge >= 0.3 is 5.97 Å². The Kier molecular flexibility index (Phi) is 5.77. The number of pyridine rings is 1. The van der Waals surface area contributed by atoms with Crippen molar-refractivity contribution in [2.24, 2.45) is 5.92 Å². The van der Waals surface area contributed by atoms with Gasteiger partial charge in [-0.1, -0.05) is 13.8 Å². The highest BCUT2D eigenvalue weighted by Gasteiger charge is 2.18. The Bertz CT molecular complexity index is 978. The Morgan fingerprint density at radius 3 is 2.54 bits per heavy atom. The van der Waals surface area contributed by atoms with Crippen molar-refractivity contribution in [2.45, 2.75) is 13.8 Å². The molecule has 1 aromatic heterocycles. The normalized spacial score (nSPS) is 10.1. The van der Waals surface area contributed by atoms with E-state index in [2.05, 4.69) is 15.8 Å². The third kappa shape index (κ3) is 3.90. The van der Waals surface area contributed by atoms with E-state index in [0.717, 1.165) is 0 Å². The predicted molar refractivity (Wildman–Crippen MR) is 93.6 cm³/mol. The fourth-order valence-electron chi connectivity index (χ4n) is 2.26. The van der Waals surface area contributed by atoms with E-state index in [9.17, 15) is 14.9 Å². The van der Waals surface area contributed by atoms with Gasteiger partial charge in [-0.05, 0) is 35.7 Å². The van der Waals surface area contributed by atoms with Crippen molar-refractivity contribution >= 4 is 5.97 Å². The van der Waals surface area contributed by atoms with E-state index >= 15 is 0 Å². The number of methoxy groups -OCH3 is 1. The molecule has 7 heteroatoms. The van der Waals surface area contributed by atoms with Gasteiger partial charge in [0.1, 0.15) is 23.5 Å². The average Bonchev–Trinajstić information content (AvgIpc) is 2.64. The van der Waals surface area contributed by atoms with Crippen LogP contribution >= 0.6 is 0 Å². The molecule has 132 valence electrons. The standard InChI is InChI=1S/C19H17N3O4/c1-11(2)10-26-17-5-4-12(6-13(17)8-20)16-7-14(19(24)25-3)15(9-21)18(23)22-16/h4-7,11H,10H2,1-3H3,(H,22,23). The zero-order valence-corrected chi connectivity index (χ0v) is 14.6. The van der Waals surface area contributed by atoms with Crippen molar-refractivity contribution in [3.63, 3.8) is 0 Å². The number of nitrogens with zero attached hydrogens (tertiary/aromatic N) is 2. The van der Waals surface area contributed by atoms with Crippen LogP contribution in [0.15, 0.2) is 29.1 Å². The van der Waals surface area contributed by atoms with Crippen LogP contribution in [0.3, 0.4) is 0 Å². The summed E-state index contributed by atoms with van der Waals surface area (Å²) in [6.07, 6.45) is 0. The van der Waals surface area contributed by atoms with Gasteiger partial charge in [-0.3, -0.25) is 4.79 Å². The first-order chi connectivity index (χ1) is 12.4. The molecular weight excluding hydrogens is 334 g/mol. The summed E-state index contributed by atoms with van der Waals surface area (Å²) < 4.78 is 10.2. The molecule has 1 aromatic carbocycles. The summed E-state index contributed by atoms with van der Waals surface area (Å²) in [5.41, 5.74) is -0.0612. The van der Waals surface area contributed by atoms with Gasteiger partial charge in [-0.2, -0.15) is 10.5 Å². The molecule has 0 aliphatic rings. The lowest BCUT2D eigenvalue weighted by molar-refractivity contribution is 0.0600. The van der Waals surface area contributed by atoms with E-state index in [1.807, 2.05) is 13.8 Å². The predicted octanol–water partition coefficient (Wildman–Crippen LogP) is 2.61. The van der Waals surface area contributed by atoms with Gasteiger partial charge in [-0.15, -0.1) is 0 Å². The maximum Gasteiger partial charge on any atom is 0.339 e. The van der Waals surface area contributed by atoms with Crippen molar-refractivity contribution in [3.05, 3.63) is 51.3 Å². The van der Waals surface area contributed by atoms with Crippen LogP contribution in [0.25, 0.3) is 11.3 Å². The number of H-pyrrole nitrogens is 1. The highest BCUT2D eigenvalue weighted by atomic mass is 16.5. The third-order valence-electron chi connectivity index (χ3n) is 3.53. The molecule has 1 heterocycles. The Labute approximate surface area is 150 Å². The van der Waals surface area contributed by atoms with Crippen LogP contribution in [0.4, 0.5) is 0 Å². The number of hydrogen-bond donors (Lipinski definition) is 1. The van der Waals surface area contributed by atoms with Crippen LogP contribution in [0, 0.1) is 28.6 Å². The van der Waals surface area contributed by atoms with Crippen LogP contribution < -0.4 is 10.3 Å². The summed E-state index contributed by atoms with van der Waals surface area (Å²) in [6, 6.07) is 9.95. The topological polar surface area (TPSA) is 116 Å². The molecule has 0 fully saturated rings. The van der Waals surface area contributed by atoms with Gasteiger partial charge in [0.15, 0.2) is 0 Å².